The number of rotatable bonds is 8. The van der Waals surface area contributed by atoms with E-state index in [-0.39, 0.29) is 24.9 Å². The number of aryl methyl sites for hydroxylation is 1. The molecule has 3 rings (SSSR count). The lowest BCUT2D eigenvalue weighted by Gasteiger charge is -2.34. The highest BCUT2D eigenvalue weighted by atomic mass is 32.2. The van der Waals surface area contributed by atoms with E-state index in [1.165, 1.54) is 24.3 Å². The molecule has 1 heterocycles. The van der Waals surface area contributed by atoms with Crippen LogP contribution in [0.25, 0.3) is 6.08 Å². The fraction of sp³-hybridized carbons (Fsp3) is 0.304. The molecular formula is C23H27FN4O4S. The normalized spacial score (nSPS) is 15.0. The number of anilines is 1. The maximum absolute atomic E-state index is 13.2. The summed E-state index contributed by atoms with van der Waals surface area (Å²) in [7, 11) is -3.75. The Morgan fingerprint density at radius 1 is 1.06 bits per heavy atom. The summed E-state index contributed by atoms with van der Waals surface area (Å²) in [6.07, 6.45) is 1.47. The van der Waals surface area contributed by atoms with Crippen molar-refractivity contribution in [1.82, 2.24) is 14.5 Å². The Kier molecular flexibility index (Phi) is 8.32. The molecule has 0 aromatic heterocycles. The highest BCUT2D eigenvalue weighted by molar-refractivity contribution is 7.92. The van der Waals surface area contributed by atoms with Crippen LogP contribution in [0.2, 0.25) is 0 Å². The average Bonchev–Trinajstić information content (AvgIpc) is 2.78. The summed E-state index contributed by atoms with van der Waals surface area (Å²) in [5.74, 6) is -1.03. The predicted molar refractivity (Wildman–Crippen MR) is 125 cm³/mol. The van der Waals surface area contributed by atoms with Crippen LogP contribution in [-0.2, 0) is 19.6 Å². The minimum absolute atomic E-state index is 0.120. The quantitative estimate of drug-likeness (QED) is 0.608. The number of sulfonamides is 1. The van der Waals surface area contributed by atoms with Gasteiger partial charge >= 0.3 is 0 Å². The minimum Gasteiger partial charge on any atom is -0.339 e. The fourth-order valence-corrected chi connectivity index (χ4v) is 4.05. The molecule has 0 atom stereocenters. The van der Waals surface area contributed by atoms with Crippen LogP contribution in [0.1, 0.15) is 11.1 Å². The minimum atomic E-state index is -3.75. The van der Waals surface area contributed by atoms with Crippen LogP contribution < -0.4 is 10.0 Å². The second-order valence-electron chi connectivity index (χ2n) is 7.80. The van der Waals surface area contributed by atoms with E-state index in [1.54, 1.807) is 11.0 Å². The topological polar surface area (TPSA) is 98.8 Å². The maximum Gasteiger partial charge on any atom is 0.238 e. The van der Waals surface area contributed by atoms with E-state index in [0.29, 0.717) is 31.9 Å². The van der Waals surface area contributed by atoms with E-state index in [1.807, 2.05) is 36.1 Å². The monoisotopic (exact) mass is 474 g/mol. The van der Waals surface area contributed by atoms with E-state index in [2.05, 4.69) is 10.0 Å². The molecule has 33 heavy (non-hydrogen) atoms. The number of carbonyl (C=O) groups excluding carboxylic acids is 2. The van der Waals surface area contributed by atoms with Crippen LogP contribution >= 0.6 is 0 Å². The smallest absolute Gasteiger partial charge is 0.238 e. The van der Waals surface area contributed by atoms with Gasteiger partial charge in [0.05, 0.1) is 13.1 Å². The Morgan fingerprint density at radius 3 is 2.42 bits per heavy atom. The van der Waals surface area contributed by atoms with Crippen LogP contribution in [0.15, 0.2) is 53.9 Å². The number of nitrogens with zero attached hydrogens (tertiary/aromatic N) is 2. The van der Waals surface area contributed by atoms with Gasteiger partial charge in [-0.05, 0) is 36.8 Å². The first kappa shape index (κ1) is 24.6. The third-order valence-corrected chi connectivity index (χ3v) is 6.18. The summed E-state index contributed by atoms with van der Waals surface area (Å²) in [5, 5.41) is 3.68. The molecule has 2 aromatic rings. The molecule has 1 aliphatic heterocycles. The molecule has 0 saturated carbocycles. The largest absolute Gasteiger partial charge is 0.339 e. The number of nitrogens with one attached hydrogen (secondary N) is 2. The number of hydrogen-bond acceptors (Lipinski definition) is 5. The summed E-state index contributed by atoms with van der Waals surface area (Å²) < 4.78 is 39.8. The van der Waals surface area contributed by atoms with Gasteiger partial charge in [0.25, 0.3) is 0 Å². The Morgan fingerprint density at radius 2 is 1.76 bits per heavy atom. The van der Waals surface area contributed by atoms with Crippen molar-refractivity contribution < 1.29 is 22.4 Å². The van der Waals surface area contributed by atoms with Gasteiger partial charge in [-0.15, -0.1) is 0 Å². The predicted octanol–water partition coefficient (Wildman–Crippen LogP) is 1.81. The molecule has 0 aliphatic carbocycles. The molecule has 2 aromatic carbocycles. The van der Waals surface area contributed by atoms with Gasteiger partial charge in [0.15, 0.2) is 0 Å². The van der Waals surface area contributed by atoms with Crippen LogP contribution in [0.4, 0.5) is 10.1 Å². The van der Waals surface area contributed by atoms with Crippen LogP contribution in [0, 0.1) is 12.7 Å². The zero-order valence-corrected chi connectivity index (χ0v) is 19.1. The zero-order chi connectivity index (χ0) is 23.8. The zero-order valence-electron chi connectivity index (χ0n) is 18.3. The van der Waals surface area contributed by atoms with Crippen molar-refractivity contribution in [2.24, 2.45) is 0 Å². The Bertz CT molecular complexity index is 1110. The number of piperazine rings is 1. The van der Waals surface area contributed by atoms with Crippen LogP contribution in [0.5, 0.6) is 0 Å². The van der Waals surface area contributed by atoms with Crippen molar-refractivity contribution in [1.29, 1.82) is 0 Å². The van der Waals surface area contributed by atoms with E-state index < -0.39 is 15.8 Å². The lowest BCUT2D eigenvalue weighted by molar-refractivity contribution is -0.131. The lowest BCUT2D eigenvalue weighted by Crippen LogP contribution is -2.52. The van der Waals surface area contributed by atoms with Gasteiger partial charge < -0.3 is 10.2 Å². The molecule has 0 spiro atoms. The van der Waals surface area contributed by atoms with Crippen molar-refractivity contribution in [3.8, 4) is 0 Å². The molecule has 0 radical (unpaired) electrons. The molecule has 1 fully saturated rings. The van der Waals surface area contributed by atoms with Crippen LogP contribution in [-0.4, -0.2) is 69.3 Å². The first-order valence-corrected chi connectivity index (χ1v) is 12.0. The molecule has 176 valence electrons. The molecule has 8 nitrogen and oxygen atoms in total. The van der Waals surface area contributed by atoms with E-state index in [4.69, 9.17) is 0 Å². The van der Waals surface area contributed by atoms with Gasteiger partial charge in [-0.25, -0.2) is 17.5 Å². The summed E-state index contributed by atoms with van der Waals surface area (Å²) in [5.41, 5.74) is 2.21. The van der Waals surface area contributed by atoms with Crippen molar-refractivity contribution in [3.05, 3.63) is 70.9 Å². The number of hydrogen-bond donors (Lipinski definition) is 2. The van der Waals surface area contributed by atoms with Crippen molar-refractivity contribution >= 4 is 33.6 Å². The Labute approximate surface area is 193 Å². The first-order valence-electron chi connectivity index (χ1n) is 10.5. The highest BCUT2D eigenvalue weighted by Crippen LogP contribution is 2.10. The van der Waals surface area contributed by atoms with E-state index in [0.717, 1.165) is 16.5 Å². The number of carbonyl (C=O) groups is 2. The standard InChI is InChI=1S/C23H27FN4O4S/c1-18-5-7-19(8-6-18)9-14-33(31,32)25-16-23(30)28-12-10-27(11-13-28)17-22(29)26-21-4-2-3-20(24)15-21/h2-9,14-15,25H,10-13,16-17H2,1H3,(H,26,29)/b14-9+. The molecular weight excluding hydrogens is 447 g/mol. The van der Waals surface area contributed by atoms with Gasteiger partial charge in [0.1, 0.15) is 5.82 Å². The third kappa shape index (κ3) is 8.08. The molecule has 2 amide bonds. The van der Waals surface area contributed by atoms with Crippen molar-refractivity contribution in [2.45, 2.75) is 6.92 Å². The Balaban J connectivity index is 1.40. The third-order valence-electron chi connectivity index (χ3n) is 5.14. The highest BCUT2D eigenvalue weighted by Gasteiger charge is 2.23. The van der Waals surface area contributed by atoms with Gasteiger partial charge in [0.2, 0.25) is 21.8 Å². The molecule has 0 unspecified atom stereocenters. The first-order chi connectivity index (χ1) is 15.7. The van der Waals surface area contributed by atoms with Crippen molar-refractivity contribution in [3.63, 3.8) is 0 Å². The van der Waals surface area contributed by atoms with Gasteiger partial charge in [-0.2, -0.15) is 0 Å². The summed E-state index contributed by atoms with van der Waals surface area (Å²) in [6, 6.07) is 13.0. The SMILES string of the molecule is Cc1ccc(/C=C/S(=O)(=O)NCC(=O)N2CCN(CC(=O)Nc3cccc(F)c3)CC2)cc1. The van der Waals surface area contributed by atoms with E-state index >= 15 is 0 Å². The van der Waals surface area contributed by atoms with Gasteiger partial charge in [0, 0.05) is 37.3 Å². The summed E-state index contributed by atoms with van der Waals surface area (Å²) in [4.78, 5) is 28.0. The summed E-state index contributed by atoms with van der Waals surface area (Å²) >= 11 is 0. The molecule has 10 heteroatoms. The lowest BCUT2D eigenvalue weighted by atomic mass is 10.2. The Hall–Kier alpha value is -3.08. The number of amides is 2. The number of benzene rings is 2. The molecule has 1 saturated heterocycles. The molecule has 1 aliphatic rings. The van der Waals surface area contributed by atoms with E-state index in [9.17, 15) is 22.4 Å². The molecule has 2 N–H and O–H groups in total. The summed E-state index contributed by atoms with van der Waals surface area (Å²) in [6.45, 7) is 3.44. The second kappa shape index (κ2) is 11.2. The fourth-order valence-electron chi connectivity index (χ4n) is 3.29. The molecule has 0 bridgehead atoms. The maximum atomic E-state index is 13.2. The second-order valence-corrected chi connectivity index (χ2v) is 9.45. The van der Waals surface area contributed by atoms with Crippen LogP contribution in [0.3, 0.4) is 0 Å². The van der Waals surface area contributed by atoms with Gasteiger partial charge in [-0.3, -0.25) is 14.5 Å². The van der Waals surface area contributed by atoms with Crippen molar-refractivity contribution in [2.75, 3.05) is 44.6 Å². The number of halogens is 1. The average molecular weight is 475 g/mol. The van der Waals surface area contributed by atoms with Gasteiger partial charge in [-0.1, -0.05) is 35.9 Å².